The normalized spacial score (nSPS) is 10.9. The molecule has 0 aliphatic heterocycles. The Morgan fingerprint density at radius 2 is 1.81 bits per heavy atom. The average Bonchev–Trinajstić information content (AvgIpc) is 2.63. The van der Waals surface area contributed by atoms with Crippen molar-refractivity contribution in [2.45, 2.75) is 18.7 Å². The molecule has 136 valence electrons. The Morgan fingerprint density at radius 3 is 2.48 bits per heavy atom. The molecule has 0 saturated heterocycles. The van der Waals surface area contributed by atoms with Gasteiger partial charge in [0.15, 0.2) is 0 Å². The van der Waals surface area contributed by atoms with Gasteiger partial charge in [-0.05, 0) is 49.7 Å². The van der Waals surface area contributed by atoms with E-state index in [2.05, 4.69) is 21.1 Å². The number of pyridine rings is 1. The zero-order valence-corrected chi connectivity index (χ0v) is 15.7. The number of aryl methyl sites for hydroxylation is 2. The van der Waals surface area contributed by atoms with E-state index >= 15 is 0 Å². The van der Waals surface area contributed by atoms with Gasteiger partial charge >= 0.3 is 0 Å². The van der Waals surface area contributed by atoms with Crippen LogP contribution in [0.3, 0.4) is 0 Å². The minimum Gasteiger partial charge on any atom is -0.339 e. The maximum atomic E-state index is 12.6. The van der Waals surface area contributed by atoms with Gasteiger partial charge in [0.05, 0.1) is 28.0 Å². The predicted molar refractivity (Wildman–Crippen MR) is 105 cm³/mol. The second-order valence-electron chi connectivity index (χ2n) is 6.09. The van der Waals surface area contributed by atoms with Gasteiger partial charge in [0, 0.05) is 0 Å². The number of nitrogens with zero attached hydrogens (tertiary/aromatic N) is 2. The van der Waals surface area contributed by atoms with E-state index in [1.165, 1.54) is 6.20 Å². The predicted octanol–water partition coefficient (Wildman–Crippen LogP) is 4.11. The van der Waals surface area contributed by atoms with Crippen molar-refractivity contribution in [3.63, 3.8) is 0 Å². The fourth-order valence-corrected chi connectivity index (χ4v) is 3.94. The molecule has 0 spiro atoms. The maximum Gasteiger partial charge on any atom is 0.262 e. The molecule has 0 fully saturated rings. The van der Waals surface area contributed by atoms with Crippen molar-refractivity contribution in [2.24, 2.45) is 0 Å². The molecule has 3 rings (SSSR count). The molecule has 0 radical (unpaired) electrons. The molecule has 0 amide bonds. The third-order valence-electron chi connectivity index (χ3n) is 3.95. The number of benzene rings is 2. The number of nitrogens with one attached hydrogen (secondary N) is 2. The highest BCUT2D eigenvalue weighted by atomic mass is 32.2. The van der Waals surface area contributed by atoms with Crippen molar-refractivity contribution in [3.05, 3.63) is 77.5 Å². The number of rotatable bonds is 5. The lowest BCUT2D eigenvalue weighted by Gasteiger charge is -2.12. The SMILES string of the molecule is Cc1ccc(S(=O)(=O)Nc2ccc(Nc3ccccc3C#N)nc2)c(C)c1. The lowest BCUT2D eigenvalue weighted by molar-refractivity contribution is 0.600. The number of sulfonamides is 1. The van der Waals surface area contributed by atoms with Crippen LogP contribution in [0.5, 0.6) is 0 Å². The third-order valence-corrected chi connectivity index (χ3v) is 5.49. The molecule has 0 atom stereocenters. The molecule has 2 aromatic carbocycles. The van der Waals surface area contributed by atoms with Crippen LogP contribution in [0.1, 0.15) is 16.7 Å². The monoisotopic (exact) mass is 378 g/mol. The summed E-state index contributed by atoms with van der Waals surface area (Å²) >= 11 is 0. The van der Waals surface area contributed by atoms with Crippen molar-refractivity contribution in [1.29, 1.82) is 5.26 Å². The molecule has 7 heteroatoms. The summed E-state index contributed by atoms with van der Waals surface area (Å²) in [5.74, 6) is 0.507. The zero-order chi connectivity index (χ0) is 19.4. The number of hydrogen-bond acceptors (Lipinski definition) is 5. The van der Waals surface area contributed by atoms with Crippen LogP contribution in [0.4, 0.5) is 17.2 Å². The Bertz CT molecular complexity index is 1120. The first kappa shape index (κ1) is 18.4. The molecule has 0 saturated carbocycles. The minimum atomic E-state index is -3.70. The number of aromatic nitrogens is 1. The molecular weight excluding hydrogens is 360 g/mol. The summed E-state index contributed by atoms with van der Waals surface area (Å²) in [6.07, 6.45) is 1.43. The summed E-state index contributed by atoms with van der Waals surface area (Å²) in [6, 6.07) is 17.6. The van der Waals surface area contributed by atoms with Gasteiger partial charge in [0.25, 0.3) is 10.0 Å². The van der Waals surface area contributed by atoms with Crippen LogP contribution in [0, 0.1) is 25.2 Å². The van der Waals surface area contributed by atoms with Crippen LogP contribution in [-0.2, 0) is 10.0 Å². The Balaban J connectivity index is 1.78. The molecule has 1 aromatic heterocycles. The third kappa shape index (κ3) is 4.25. The van der Waals surface area contributed by atoms with Crippen LogP contribution in [0.2, 0.25) is 0 Å². The van der Waals surface area contributed by atoms with Gasteiger partial charge in [-0.15, -0.1) is 0 Å². The van der Waals surface area contributed by atoms with Crippen molar-refractivity contribution in [3.8, 4) is 6.07 Å². The second-order valence-corrected chi connectivity index (χ2v) is 7.74. The highest BCUT2D eigenvalue weighted by Crippen LogP contribution is 2.22. The van der Waals surface area contributed by atoms with E-state index in [9.17, 15) is 8.42 Å². The first-order chi connectivity index (χ1) is 12.9. The van der Waals surface area contributed by atoms with E-state index in [4.69, 9.17) is 5.26 Å². The Morgan fingerprint density at radius 1 is 1.04 bits per heavy atom. The van der Waals surface area contributed by atoms with Gasteiger partial charge in [-0.25, -0.2) is 13.4 Å². The molecular formula is C20H18N4O2S. The van der Waals surface area contributed by atoms with Crippen molar-refractivity contribution < 1.29 is 8.42 Å². The van der Waals surface area contributed by atoms with E-state index in [1.807, 2.05) is 19.1 Å². The lowest BCUT2D eigenvalue weighted by Crippen LogP contribution is -2.14. The fourth-order valence-electron chi connectivity index (χ4n) is 2.67. The summed E-state index contributed by atoms with van der Waals surface area (Å²) in [4.78, 5) is 4.45. The van der Waals surface area contributed by atoms with Gasteiger partial charge in [-0.3, -0.25) is 4.72 Å². The van der Waals surface area contributed by atoms with Gasteiger partial charge in [-0.1, -0.05) is 29.8 Å². The largest absolute Gasteiger partial charge is 0.339 e. The van der Waals surface area contributed by atoms with Crippen LogP contribution in [0.25, 0.3) is 0 Å². The van der Waals surface area contributed by atoms with E-state index in [-0.39, 0.29) is 4.90 Å². The van der Waals surface area contributed by atoms with E-state index in [1.54, 1.807) is 49.4 Å². The van der Waals surface area contributed by atoms with E-state index in [0.29, 0.717) is 28.3 Å². The highest BCUT2D eigenvalue weighted by molar-refractivity contribution is 7.92. The Hall–Kier alpha value is -3.37. The zero-order valence-electron chi connectivity index (χ0n) is 14.9. The topological polar surface area (TPSA) is 94.9 Å². The Labute approximate surface area is 158 Å². The molecule has 2 N–H and O–H groups in total. The van der Waals surface area contributed by atoms with E-state index in [0.717, 1.165) is 5.56 Å². The molecule has 27 heavy (non-hydrogen) atoms. The first-order valence-corrected chi connectivity index (χ1v) is 9.69. The summed E-state index contributed by atoms with van der Waals surface area (Å²) < 4.78 is 27.7. The molecule has 0 aliphatic carbocycles. The van der Waals surface area contributed by atoms with Gasteiger partial charge in [0.1, 0.15) is 11.9 Å². The summed E-state index contributed by atoms with van der Waals surface area (Å²) in [7, 11) is -3.70. The van der Waals surface area contributed by atoms with Crippen molar-refractivity contribution in [2.75, 3.05) is 10.0 Å². The van der Waals surface area contributed by atoms with Crippen LogP contribution < -0.4 is 10.0 Å². The van der Waals surface area contributed by atoms with Crippen LogP contribution in [-0.4, -0.2) is 13.4 Å². The Kier molecular flexibility index (Phi) is 5.10. The molecule has 0 bridgehead atoms. The number of anilines is 3. The molecule has 1 heterocycles. The molecule has 6 nitrogen and oxygen atoms in total. The molecule has 0 aliphatic rings. The molecule has 0 unspecified atom stereocenters. The van der Waals surface area contributed by atoms with Gasteiger partial charge < -0.3 is 5.32 Å². The minimum absolute atomic E-state index is 0.234. The van der Waals surface area contributed by atoms with E-state index < -0.39 is 10.0 Å². The van der Waals surface area contributed by atoms with Gasteiger partial charge in [-0.2, -0.15) is 5.26 Å². The molecule has 3 aromatic rings. The summed E-state index contributed by atoms with van der Waals surface area (Å²) in [6.45, 7) is 3.68. The van der Waals surface area contributed by atoms with Crippen molar-refractivity contribution in [1.82, 2.24) is 4.98 Å². The fraction of sp³-hybridized carbons (Fsp3) is 0.100. The van der Waals surface area contributed by atoms with Crippen molar-refractivity contribution >= 4 is 27.2 Å². The quantitative estimate of drug-likeness (QED) is 0.696. The standard InChI is InChI=1S/C20H18N4O2S/c1-14-7-9-19(15(2)11-14)27(25,26)24-17-8-10-20(22-13-17)23-18-6-4-3-5-16(18)12-21/h3-11,13,24H,1-2H3,(H,22,23). The maximum absolute atomic E-state index is 12.6. The second kappa shape index (κ2) is 7.48. The summed E-state index contributed by atoms with van der Waals surface area (Å²) in [5.41, 5.74) is 3.17. The van der Waals surface area contributed by atoms with Gasteiger partial charge in [0.2, 0.25) is 0 Å². The number of nitriles is 1. The summed E-state index contributed by atoms with van der Waals surface area (Å²) in [5, 5.41) is 12.2. The van der Waals surface area contributed by atoms with Crippen LogP contribution in [0.15, 0.2) is 65.7 Å². The average molecular weight is 378 g/mol. The number of hydrogen-bond donors (Lipinski definition) is 2. The first-order valence-electron chi connectivity index (χ1n) is 8.21. The smallest absolute Gasteiger partial charge is 0.262 e. The highest BCUT2D eigenvalue weighted by Gasteiger charge is 2.17. The lowest BCUT2D eigenvalue weighted by atomic mass is 10.2. The number of para-hydroxylation sites is 1. The van der Waals surface area contributed by atoms with Crippen LogP contribution >= 0.6 is 0 Å².